The third-order valence-electron chi connectivity index (χ3n) is 5.26. The van der Waals surface area contributed by atoms with Crippen LogP contribution in [0.2, 0.25) is 0 Å². The monoisotopic (exact) mass is 408 g/mol. The van der Waals surface area contributed by atoms with Crippen LogP contribution in [0.4, 0.5) is 5.69 Å². The molecule has 27 heavy (non-hydrogen) atoms. The Bertz CT molecular complexity index is 685. The summed E-state index contributed by atoms with van der Waals surface area (Å²) < 4.78 is 5.25. The van der Waals surface area contributed by atoms with Gasteiger partial charge in [-0.1, -0.05) is 13.0 Å². The van der Waals surface area contributed by atoms with Gasteiger partial charge in [0, 0.05) is 17.0 Å². The number of nitrogens with zero attached hydrogens (tertiary/aromatic N) is 1. The minimum Gasteiger partial charge on any atom is -0.497 e. The lowest BCUT2D eigenvalue weighted by molar-refractivity contribution is -0.120. The quantitative estimate of drug-likeness (QED) is 0.719. The number of anilines is 1. The van der Waals surface area contributed by atoms with E-state index in [0.29, 0.717) is 24.8 Å². The Morgan fingerprint density at radius 3 is 2.56 bits per heavy atom. The molecule has 1 fully saturated rings. The average molecular weight is 409 g/mol. The van der Waals surface area contributed by atoms with Gasteiger partial charge in [0.2, 0.25) is 5.91 Å². The Morgan fingerprint density at radius 1 is 1.26 bits per heavy atom. The second-order valence-electron chi connectivity index (χ2n) is 7.03. The van der Waals surface area contributed by atoms with E-state index in [2.05, 4.69) is 23.7 Å². The van der Waals surface area contributed by atoms with Crippen LogP contribution in [0.3, 0.4) is 0 Å². The molecule has 1 atom stereocenters. The summed E-state index contributed by atoms with van der Waals surface area (Å²) in [5.74, 6) is 2.06. The lowest BCUT2D eigenvalue weighted by Crippen LogP contribution is -2.35. The summed E-state index contributed by atoms with van der Waals surface area (Å²) in [5.41, 5.74) is 0.932. The van der Waals surface area contributed by atoms with E-state index in [1.54, 1.807) is 18.4 Å². The molecule has 1 saturated heterocycles. The van der Waals surface area contributed by atoms with Crippen LogP contribution in [-0.4, -0.2) is 26.1 Å². The number of benzene rings is 1. The largest absolute Gasteiger partial charge is 0.497 e. The molecule has 1 aliphatic rings. The maximum atomic E-state index is 13.2. The lowest BCUT2D eigenvalue weighted by Gasteiger charge is -2.30. The van der Waals surface area contributed by atoms with E-state index in [1.807, 2.05) is 35.2 Å². The van der Waals surface area contributed by atoms with E-state index in [-0.39, 0.29) is 18.3 Å². The topological polar surface area (TPSA) is 41.6 Å². The van der Waals surface area contributed by atoms with E-state index in [4.69, 9.17) is 4.74 Å². The van der Waals surface area contributed by atoms with E-state index in [1.165, 1.54) is 17.7 Å². The van der Waals surface area contributed by atoms with Crippen molar-refractivity contribution in [1.82, 2.24) is 5.32 Å². The van der Waals surface area contributed by atoms with Crippen LogP contribution in [0.15, 0.2) is 41.8 Å². The van der Waals surface area contributed by atoms with Gasteiger partial charge >= 0.3 is 0 Å². The predicted octanol–water partition coefficient (Wildman–Crippen LogP) is 4.74. The molecule has 0 aliphatic carbocycles. The number of methoxy groups -OCH3 is 1. The number of amides is 1. The highest BCUT2D eigenvalue weighted by Gasteiger charge is 2.25. The molecule has 1 N–H and O–H groups in total. The summed E-state index contributed by atoms with van der Waals surface area (Å²) in [7, 11) is 1.66. The molecular formula is C21H29ClN2O2S. The number of rotatable bonds is 7. The van der Waals surface area contributed by atoms with E-state index in [9.17, 15) is 4.79 Å². The molecule has 2 heterocycles. The van der Waals surface area contributed by atoms with Crippen molar-refractivity contribution in [3.05, 3.63) is 46.7 Å². The van der Waals surface area contributed by atoms with Crippen molar-refractivity contribution >= 4 is 35.3 Å². The smallest absolute Gasteiger partial charge is 0.227 e. The number of piperidine rings is 1. The van der Waals surface area contributed by atoms with E-state index >= 15 is 0 Å². The summed E-state index contributed by atoms with van der Waals surface area (Å²) >= 11 is 1.69. The Labute approximate surface area is 172 Å². The Kier molecular flexibility index (Phi) is 8.61. The molecule has 2 aromatic rings. The third-order valence-corrected chi connectivity index (χ3v) is 6.13. The molecular weight excluding hydrogens is 380 g/mol. The molecule has 4 nitrogen and oxygen atoms in total. The number of ether oxygens (including phenoxy) is 1. The third kappa shape index (κ3) is 5.96. The summed E-state index contributed by atoms with van der Waals surface area (Å²) in [5, 5.41) is 5.47. The molecule has 0 radical (unpaired) electrons. The molecule has 1 amide bonds. The first-order valence-corrected chi connectivity index (χ1v) is 10.2. The van der Waals surface area contributed by atoms with Crippen molar-refractivity contribution in [3.63, 3.8) is 0 Å². The first kappa shape index (κ1) is 21.7. The van der Waals surface area contributed by atoms with Gasteiger partial charge < -0.3 is 15.0 Å². The second-order valence-corrected chi connectivity index (χ2v) is 8.06. The normalized spacial score (nSPS) is 15.6. The first-order chi connectivity index (χ1) is 12.7. The minimum atomic E-state index is 0. The standard InChI is InChI=1S/C21H28N2O2S.ClH/c1-16(17-9-11-22-12-10-17)14-21(24)23(15-20-4-3-13-26-20)18-5-7-19(25-2)8-6-18;/h3-8,13,16-17,22H,9-12,14-15H2,1-2H3;1H. The maximum absolute atomic E-state index is 13.2. The van der Waals surface area contributed by atoms with Crippen LogP contribution in [0, 0.1) is 11.8 Å². The molecule has 3 rings (SSSR count). The van der Waals surface area contributed by atoms with Crippen molar-refractivity contribution < 1.29 is 9.53 Å². The van der Waals surface area contributed by atoms with Gasteiger partial charge in [0.15, 0.2) is 0 Å². The van der Waals surface area contributed by atoms with Crippen molar-refractivity contribution in [2.45, 2.75) is 32.7 Å². The van der Waals surface area contributed by atoms with Crippen molar-refractivity contribution in [2.24, 2.45) is 11.8 Å². The summed E-state index contributed by atoms with van der Waals surface area (Å²) in [6, 6.07) is 11.9. The molecule has 1 aromatic heterocycles. The lowest BCUT2D eigenvalue weighted by atomic mass is 9.84. The number of nitrogens with one attached hydrogen (secondary N) is 1. The molecule has 1 aromatic carbocycles. The highest BCUT2D eigenvalue weighted by Crippen LogP contribution is 2.28. The zero-order valence-electron chi connectivity index (χ0n) is 16.0. The molecule has 0 saturated carbocycles. The average Bonchev–Trinajstić information content (AvgIpc) is 3.20. The van der Waals surface area contributed by atoms with Crippen LogP contribution >= 0.6 is 23.7 Å². The zero-order valence-corrected chi connectivity index (χ0v) is 17.7. The molecule has 6 heteroatoms. The molecule has 148 valence electrons. The Morgan fingerprint density at radius 2 is 1.96 bits per heavy atom. The number of thiophene rings is 1. The van der Waals surface area contributed by atoms with E-state index in [0.717, 1.165) is 24.5 Å². The van der Waals surface area contributed by atoms with Gasteiger partial charge in [0.25, 0.3) is 0 Å². The van der Waals surface area contributed by atoms with Crippen LogP contribution in [-0.2, 0) is 11.3 Å². The van der Waals surface area contributed by atoms with Crippen molar-refractivity contribution in [3.8, 4) is 5.75 Å². The van der Waals surface area contributed by atoms with Crippen LogP contribution in [0.1, 0.15) is 31.1 Å². The Hall–Kier alpha value is -1.56. The van der Waals surface area contributed by atoms with Crippen molar-refractivity contribution in [2.75, 3.05) is 25.1 Å². The maximum Gasteiger partial charge on any atom is 0.227 e. The molecule has 1 unspecified atom stereocenters. The fourth-order valence-corrected chi connectivity index (χ4v) is 4.30. The Balaban J connectivity index is 0.00000261. The van der Waals surface area contributed by atoms with Gasteiger partial charge in [0.05, 0.1) is 13.7 Å². The number of hydrogen-bond acceptors (Lipinski definition) is 4. The van der Waals surface area contributed by atoms with Gasteiger partial charge in [-0.05, 0) is 73.5 Å². The molecule has 0 bridgehead atoms. The zero-order chi connectivity index (χ0) is 18.4. The number of halogens is 1. The SMILES string of the molecule is COc1ccc(N(Cc2cccs2)C(=O)CC(C)C2CCNCC2)cc1.Cl. The summed E-state index contributed by atoms with van der Waals surface area (Å²) in [4.78, 5) is 16.3. The highest BCUT2D eigenvalue weighted by molar-refractivity contribution is 7.09. The number of carbonyl (C=O) groups is 1. The fraction of sp³-hybridized carbons (Fsp3) is 0.476. The molecule has 1 aliphatic heterocycles. The number of hydrogen-bond donors (Lipinski definition) is 1. The van der Waals surface area contributed by atoms with Gasteiger partial charge in [0.1, 0.15) is 5.75 Å². The van der Waals surface area contributed by atoms with Crippen LogP contribution in [0.5, 0.6) is 5.75 Å². The minimum absolute atomic E-state index is 0. The first-order valence-electron chi connectivity index (χ1n) is 9.35. The number of carbonyl (C=O) groups excluding carboxylic acids is 1. The summed E-state index contributed by atoms with van der Waals surface area (Å²) in [6.07, 6.45) is 2.94. The van der Waals surface area contributed by atoms with Crippen LogP contribution < -0.4 is 15.0 Å². The van der Waals surface area contributed by atoms with Gasteiger partial charge in [-0.25, -0.2) is 0 Å². The summed E-state index contributed by atoms with van der Waals surface area (Å²) in [6.45, 7) is 4.99. The van der Waals surface area contributed by atoms with E-state index < -0.39 is 0 Å². The molecule has 0 spiro atoms. The van der Waals surface area contributed by atoms with Gasteiger partial charge in [-0.15, -0.1) is 23.7 Å². The van der Waals surface area contributed by atoms with Gasteiger partial charge in [-0.2, -0.15) is 0 Å². The fourth-order valence-electron chi connectivity index (χ4n) is 3.61. The van der Waals surface area contributed by atoms with Gasteiger partial charge in [-0.3, -0.25) is 4.79 Å². The van der Waals surface area contributed by atoms with Crippen molar-refractivity contribution in [1.29, 1.82) is 0 Å². The highest BCUT2D eigenvalue weighted by atomic mass is 35.5. The predicted molar refractivity (Wildman–Crippen MR) is 115 cm³/mol. The van der Waals surface area contributed by atoms with Crippen LogP contribution in [0.25, 0.3) is 0 Å². The second kappa shape index (κ2) is 10.7.